The molecular weight excluding hydrogens is 377 g/mol. The molecule has 0 spiro atoms. The molecule has 0 radical (unpaired) electrons. The van der Waals surface area contributed by atoms with Gasteiger partial charge in [-0.1, -0.05) is 40.9 Å². The summed E-state index contributed by atoms with van der Waals surface area (Å²) in [5, 5.41) is 4.51. The second kappa shape index (κ2) is 8.69. The number of hydrogen-bond acceptors (Lipinski definition) is 3. The Morgan fingerprint density at radius 2 is 1.87 bits per heavy atom. The topological polar surface area (TPSA) is 38.3 Å². The Bertz CT molecular complexity index is 689. The third kappa shape index (κ3) is 5.21. The number of ether oxygens (including phenoxy) is 1. The highest BCUT2D eigenvalue weighted by molar-refractivity contribution is 7.99. The predicted molar refractivity (Wildman–Crippen MR) is 99.3 cm³/mol. The van der Waals surface area contributed by atoms with Gasteiger partial charge in [0.25, 0.3) is 0 Å². The van der Waals surface area contributed by atoms with Crippen LogP contribution in [0.25, 0.3) is 0 Å². The van der Waals surface area contributed by atoms with E-state index in [0.717, 1.165) is 5.56 Å². The number of anilines is 1. The zero-order valence-electron chi connectivity index (χ0n) is 12.2. The number of thioether (sulfide) groups is 1. The molecule has 0 bridgehead atoms. The zero-order valence-corrected chi connectivity index (χ0v) is 15.3. The molecule has 0 saturated carbocycles. The number of rotatable bonds is 6. The molecule has 1 N–H and O–H groups in total. The van der Waals surface area contributed by atoms with E-state index < -0.39 is 0 Å². The van der Waals surface area contributed by atoms with Crippen LogP contribution in [-0.4, -0.2) is 18.8 Å². The van der Waals surface area contributed by atoms with Crippen molar-refractivity contribution in [2.75, 3.05) is 18.2 Å². The lowest BCUT2D eigenvalue weighted by atomic mass is 10.2. The highest BCUT2D eigenvalue weighted by Crippen LogP contribution is 2.29. The zero-order chi connectivity index (χ0) is 16.8. The lowest BCUT2D eigenvalue weighted by Gasteiger charge is -2.11. The van der Waals surface area contributed by atoms with Crippen LogP contribution in [0, 0.1) is 0 Å². The van der Waals surface area contributed by atoms with E-state index in [2.05, 4.69) is 5.32 Å². The van der Waals surface area contributed by atoms with Crippen LogP contribution in [0.15, 0.2) is 36.4 Å². The number of amides is 1. The van der Waals surface area contributed by atoms with Gasteiger partial charge in [-0.25, -0.2) is 0 Å². The molecule has 0 fully saturated rings. The van der Waals surface area contributed by atoms with Gasteiger partial charge in [-0.15, -0.1) is 11.8 Å². The molecule has 1 amide bonds. The SMILES string of the molecule is COc1ccc(Cl)cc1NC(=O)CSCc1c(Cl)cccc1Cl. The maximum absolute atomic E-state index is 12.1. The number of methoxy groups -OCH3 is 1. The van der Waals surface area contributed by atoms with E-state index in [9.17, 15) is 4.79 Å². The number of benzene rings is 2. The summed E-state index contributed by atoms with van der Waals surface area (Å²) in [6.07, 6.45) is 0. The highest BCUT2D eigenvalue weighted by Gasteiger charge is 2.10. The van der Waals surface area contributed by atoms with E-state index in [0.29, 0.717) is 32.3 Å². The number of hydrogen-bond donors (Lipinski definition) is 1. The van der Waals surface area contributed by atoms with E-state index in [1.807, 2.05) is 0 Å². The van der Waals surface area contributed by atoms with Gasteiger partial charge in [0.1, 0.15) is 5.75 Å². The van der Waals surface area contributed by atoms with Gasteiger partial charge < -0.3 is 10.1 Å². The minimum absolute atomic E-state index is 0.154. The van der Waals surface area contributed by atoms with E-state index in [1.54, 1.807) is 36.4 Å². The monoisotopic (exact) mass is 389 g/mol. The average molecular weight is 391 g/mol. The lowest BCUT2D eigenvalue weighted by molar-refractivity contribution is -0.113. The van der Waals surface area contributed by atoms with Crippen molar-refractivity contribution in [2.24, 2.45) is 0 Å². The fraction of sp³-hybridized carbons (Fsp3) is 0.188. The molecule has 2 rings (SSSR count). The van der Waals surface area contributed by atoms with E-state index in [1.165, 1.54) is 18.9 Å². The molecule has 7 heteroatoms. The molecule has 0 aliphatic rings. The first-order valence-electron chi connectivity index (χ1n) is 6.65. The van der Waals surface area contributed by atoms with Crippen molar-refractivity contribution < 1.29 is 9.53 Å². The fourth-order valence-corrected chi connectivity index (χ4v) is 3.62. The summed E-state index contributed by atoms with van der Waals surface area (Å²) in [7, 11) is 1.53. The Morgan fingerprint density at radius 3 is 2.52 bits per heavy atom. The van der Waals surface area contributed by atoms with Crippen LogP contribution in [0.2, 0.25) is 15.1 Å². The van der Waals surface area contributed by atoms with Gasteiger partial charge in [-0.2, -0.15) is 0 Å². The van der Waals surface area contributed by atoms with Crippen molar-refractivity contribution in [3.63, 3.8) is 0 Å². The second-order valence-electron chi connectivity index (χ2n) is 4.59. The van der Waals surface area contributed by atoms with Crippen molar-refractivity contribution in [1.82, 2.24) is 0 Å². The number of halogens is 3. The Labute approximate surface area is 154 Å². The van der Waals surface area contributed by atoms with E-state index in [-0.39, 0.29) is 11.7 Å². The molecule has 0 atom stereocenters. The number of carbonyl (C=O) groups is 1. The third-order valence-electron chi connectivity index (χ3n) is 2.98. The van der Waals surface area contributed by atoms with Crippen LogP contribution >= 0.6 is 46.6 Å². The molecule has 0 aromatic heterocycles. The minimum Gasteiger partial charge on any atom is -0.495 e. The summed E-state index contributed by atoms with van der Waals surface area (Å²) in [6.45, 7) is 0. The molecule has 122 valence electrons. The molecule has 0 aliphatic heterocycles. The van der Waals surface area contributed by atoms with Crippen molar-refractivity contribution in [3.05, 3.63) is 57.0 Å². The van der Waals surface area contributed by atoms with Gasteiger partial charge in [0.2, 0.25) is 5.91 Å². The van der Waals surface area contributed by atoms with Gasteiger partial charge in [0.15, 0.2) is 0 Å². The third-order valence-corrected chi connectivity index (χ3v) is 4.88. The minimum atomic E-state index is -0.154. The maximum Gasteiger partial charge on any atom is 0.234 e. The number of nitrogens with one attached hydrogen (secondary N) is 1. The second-order valence-corrected chi connectivity index (χ2v) is 6.82. The highest BCUT2D eigenvalue weighted by atomic mass is 35.5. The molecule has 3 nitrogen and oxygen atoms in total. The van der Waals surface area contributed by atoms with Gasteiger partial charge >= 0.3 is 0 Å². The quantitative estimate of drug-likeness (QED) is 0.705. The summed E-state index contributed by atoms with van der Waals surface area (Å²) in [5.74, 6) is 1.22. The molecule has 23 heavy (non-hydrogen) atoms. The Morgan fingerprint density at radius 1 is 1.17 bits per heavy atom. The molecular formula is C16H14Cl3NO2S. The Balaban J connectivity index is 1.92. The van der Waals surface area contributed by atoms with Crippen LogP contribution in [0.5, 0.6) is 5.75 Å². The van der Waals surface area contributed by atoms with Crippen molar-refractivity contribution in [3.8, 4) is 5.75 Å². The van der Waals surface area contributed by atoms with Crippen LogP contribution < -0.4 is 10.1 Å². The molecule has 0 saturated heterocycles. The summed E-state index contributed by atoms with van der Waals surface area (Å²) >= 11 is 19.6. The van der Waals surface area contributed by atoms with Crippen molar-refractivity contribution in [2.45, 2.75) is 5.75 Å². The Hall–Kier alpha value is -1.07. The standard InChI is InChI=1S/C16H14Cl3NO2S/c1-22-15-6-5-10(17)7-14(15)20-16(21)9-23-8-11-12(18)3-2-4-13(11)19/h2-7H,8-9H2,1H3,(H,20,21). The normalized spacial score (nSPS) is 10.4. The fourth-order valence-electron chi connectivity index (χ4n) is 1.88. The van der Waals surface area contributed by atoms with Gasteiger partial charge in [-0.05, 0) is 35.9 Å². The summed E-state index contributed by atoms with van der Waals surface area (Å²) in [6, 6.07) is 10.4. The van der Waals surface area contributed by atoms with E-state index >= 15 is 0 Å². The van der Waals surface area contributed by atoms with Gasteiger partial charge in [-0.3, -0.25) is 4.79 Å². The van der Waals surface area contributed by atoms with Crippen LogP contribution in [-0.2, 0) is 10.5 Å². The van der Waals surface area contributed by atoms with Crippen molar-refractivity contribution >= 4 is 58.2 Å². The molecule has 2 aromatic rings. The molecule has 0 unspecified atom stereocenters. The number of carbonyl (C=O) groups excluding carboxylic acids is 1. The van der Waals surface area contributed by atoms with Crippen LogP contribution in [0.4, 0.5) is 5.69 Å². The smallest absolute Gasteiger partial charge is 0.234 e. The van der Waals surface area contributed by atoms with Crippen LogP contribution in [0.3, 0.4) is 0 Å². The summed E-state index contributed by atoms with van der Waals surface area (Å²) in [4.78, 5) is 12.1. The Kier molecular flexibility index (Phi) is 6.90. The lowest BCUT2D eigenvalue weighted by Crippen LogP contribution is -2.15. The van der Waals surface area contributed by atoms with Crippen LogP contribution in [0.1, 0.15) is 5.56 Å². The van der Waals surface area contributed by atoms with Gasteiger partial charge in [0.05, 0.1) is 18.6 Å². The first-order valence-corrected chi connectivity index (χ1v) is 8.94. The average Bonchev–Trinajstić information content (AvgIpc) is 2.50. The summed E-state index contributed by atoms with van der Waals surface area (Å²) < 4.78 is 5.19. The van der Waals surface area contributed by atoms with Gasteiger partial charge in [0, 0.05) is 20.8 Å². The molecule has 0 aliphatic carbocycles. The largest absolute Gasteiger partial charge is 0.495 e. The summed E-state index contributed by atoms with van der Waals surface area (Å²) in [5.41, 5.74) is 1.37. The van der Waals surface area contributed by atoms with E-state index in [4.69, 9.17) is 39.5 Å². The first-order chi connectivity index (χ1) is 11.0. The predicted octanol–water partition coefficient (Wildman–Crippen LogP) is 5.53. The first kappa shape index (κ1) is 18.3. The van der Waals surface area contributed by atoms with Crippen molar-refractivity contribution in [1.29, 1.82) is 0 Å². The molecule has 2 aromatic carbocycles. The maximum atomic E-state index is 12.1. The molecule has 0 heterocycles.